The van der Waals surface area contributed by atoms with Gasteiger partial charge in [-0.2, -0.15) is 0 Å². The third kappa shape index (κ3) is 10.1. The number of para-hydroxylation sites is 1. The minimum atomic E-state index is -0.458. The zero-order chi connectivity index (χ0) is 19.5. The molecule has 158 valence electrons. The number of benzene rings is 1. The molecule has 1 heterocycles. The van der Waals surface area contributed by atoms with Crippen LogP contribution in [0.5, 0.6) is 0 Å². The molecule has 1 aromatic carbocycles. The number of unbranched alkanes of at least 4 members (excludes halogenated alkanes) is 1. The minimum Gasteiger partial charge on any atom is -0.444 e. The molecule has 0 spiro atoms. The lowest BCUT2D eigenvalue weighted by Crippen LogP contribution is -2.40. The normalized spacial score (nSPS) is 14.8. The van der Waals surface area contributed by atoms with Gasteiger partial charge in [0.15, 0.2) is 5.96 Å². The number of guanidine groups is 1. The number of amides is 1. The van der Waals surface area contributed by atoms with Crippen molar-refractivity contribution in [2.45, 2.75) is 58.5 Å². The monoisotopic (exact) mass is 502 g/mol. The number of hydrogen-bond acceptors (Lipinski definition) is 3. The summed E-state index contributed by atoms with van der Waals surface area (Å²) in [5, 5.41) is 6.26. The van der Waals surface area contributed by atoms with Gasteiger partial charge in [-0.1, -0.05) is 18.2 Å². The molecule has 1 saturated heterocycles. The molecule has 0 bridgehead atoms. The smallest absolute Gasteiger partial charge is 0.407 e. The van der Waals surface area contributed by atoms with E-state index >= 15 is 0 Å². The van der Waals surface area contributed by atoms with Crippen LogP contribution in [0.1, 0.15) is 52.9 Å². The lowest BCUT2D eigenvalue weighted by Gasteiger charge is -2.30. The van der Waals surface area contributed by atoms with Crippen LogP contribution >= 0.6 is 24.0 Å². The molecule has 0 aromatic heterocycles. The van der Waals surface area contributed by atoms with Gasteiger partial charge in [-0.3, -0.25) is 4.99 Å². The second-order valence-electron chi connectivity index (χ2n) is 7.88. The highest BCUT2D eigenvalue weighted by Gasteiger charge is 2.16. The minimum absolute atomic E-state index is 0. The molecule has 28 heavy (non-hydrogen) atoms. The van der Waals surface area contributed by atoms with Crippen LogP contribution in [0, 0.1) is 0 Å². The molecule has 1 aliphatic heterocycles. The van der Waals surface area contributed by atoms with Gasteiger partial charge in [-0.05, 0) is 65.0 Å². The van der Waals surface area contributed by atoms with Crippen LogP contribution in [0.2, 0.25) is 0 Å². The van der Waals surface area contributed by atoms with E-state index < -0.39 is 5.60 Å². The van der Waals surface area contributed by atoms with Crippen LogP contribution < -0.4 is 10.6 Å². The molecule has 1 fully saturated rings. The van der Waals surface area contributed by atoms with Gasteiger partial charge in [0.1, 0.15) is 5.60 Å². The van der Waals surface area contributed by atoms with Gasteiger partial charge in [0, 0.05) is 31.9 Å². The molecule has 1 amide bonds. The maximum atomic E-state index is 11.6. The second-order valence-corrected chi connectivity index (χ2v) is 7.88. The predicted octanol–water partition coefficient (Wildman–Crippen LogP) is 4.86. The van der Waals surface area contributed by atoms with Crippen LogP contribution in [0.3, 0.4) is 0 Å². The molecule has 2 N–H and O–H groups in total. The van der Waals surface area contributed by atoms with E-state index in [0.717, 1.165) is 44.1 Å². The van der Waals surface area contributed by atoms with Crippen LogP contribution in [-0.2, 0) is 4.74 Å². The third-order valence-electron chi connectivity index (χ3n) is 4.20. The number of anilines is 1. The maximum absolute atomic E-state index is 11.6. The summed E-state index contributed by atoms with van der Waals surface area (Å²) in [6.45, 7) is 9.05. The van der Waals surface area contributed by atoms with Gasteiger partial charge in [-0.25, -0.2) is 4.79 Å². The van der Waals surface area contributed by atoms with E-state index in [1.165, 1.54) is 19.3 Å². The number of piperidine rings is 1. The highest BCUT2D eigenvalue weighted by Crippen LogP contribution is 2.13. The number of alkyl carbamates (subject to hydrolysis) is 1. The molecule has 6 nitrogen and oxygen atoms in total. The van der Waals surface area contributed by atoms with Crippen molar-refractivity contribution in [2.24, 2.45) is 4.99 Å². The Morgan fingerprint density at radius 2 is 1.79 bits per heavy atom. The zero-order valence-corrected chi connectivity index (χ0v) is 19.7. The van der Waals surface area contributed by atoms with Crippen molar-refractivity contribution in [3.8, 4) is 0 Å². The van der Waals surface area contributed by atoms with E-state index in [2.05, 4.69) is 27.7 Å². The van der Waals surface area contributed by atoms with Gasteiger partial charge in [0.05, 0.1) is 0 Å². The Balaban J connectivity index is 0.00000392. The molecule has 1 aromatic rings. The number of nitrogens with zero attached hydrogens (tertiary/aromatic N) is 2. The lowest BCUT2D eigenvalue weighted by atomic mass is 10.1. The number of likely N-dealkylation sites (tertiary alicyclic amines) is 1. The SMILES string of the molecule is CC(C)(C)OC(=O)NCCCCN=C(Nc1ccccc1)N1CCCCC1.I. The lowest BCUT2D eigenvalue weighted by molar-refractivity contribution is 0.0527. The first-order valence-corrected chi connectivity index (χ1v) is 10.0. The van der Waals surface area contributed by atoms with E-state index in [9.17, 15) is 4.79 Å². The van der Waals surface area contributed by atoms with Crippen molar-refractivity contribution >= 4 is 41.7 Å². The maximum Gasteiger partial charge on any atom is 0.407 e. The van der Waals surface area contributed by atoms with E-state index in [1.807, 2.05) is 39.0 Å². The molecule has 0 atom stereocenters. The van der Waals surface area contributed by atoms with Gasteiger partial charge in [0.25, 0.3) is 0 Å². The molecule has 7 heteroatoms. The van der Waals surface area contributed by atoms with Crippen LogP contribution in [0.25, 0.3) is 0 Å². The summed E-state index contributed by atoms with van der Waals surface area (Å²) >= 11 is 0. The molecule has 0 aliphatic carbocycles. The standard InChI is InChI=1S/C21H34N4O2.HI/c1-21(2,3)27-20(26)23-15-9-8-14-22-19(25-16-10-5-11-17-25)24-18-12-6-4-7-13-18;/h4,6-7,12-13H,5,8-11,14-17H2,1-3H3,(H,22,24)(H,23,26);1H. The largest absolute Gasteiger partial charge is 0.444 e. The highest BCUT2D eigenvalue weighted by molar-refractivity contribution is 14.0. The Hall–Kier alpha value is -1.51. The van der Waals surface area contributed by atoms with Crippen molar-refractivity contribution in [3.05, 3.63) is 30.3 Å². The molecule has 0 unspecified atom stereocenters. The molecular weight excluding hydrogens is 467 g/mol. The van der Waals surface area contributed by atoms with E-state index in [1.54, 1.807) is 0 Å². The van der Waals surface area contributed by atoms with Gasteiger partial charge in [0.2, 0.25) is 0 Å². The summed E-state index contributed by atoms with van der Waals surface area (Å²) in [5.41, 5.74) is 0.606. The first-order chi connectivity index (χ1) is 12.9. The molecule has 2 rings (SSSR count). The van der Waals surface area contributed by atoms with E-state index in [0.29, 0.717) is 6.54 Å². The first kappa shape index (κ1) is 24.5. The molecule has 1 aliphatic rings. The van der Waals surface area contributed by atoms with E-state index in [-0.39, 0.29) is 30.1 Å². The third-order valence-corrected chi connectivity index (χ3v) is 4.20. The Morgan fingerprint density at radius 3 is 2.43 bits per heavy atom. The zero-order valence-electron chi connectivity index (χ0n) is 17.4. The topological polar surface area (TPSA) is 66.0 Å². The van der Waals surface area contributed by atoms with Crippen LogP contribution in [-0.4, -0.2) is 48.7 Å². The fourth-order valence-electron chi connectivity index (χ4n) is 2.90. The van der Waals surface area contributed by atoms with E-state index in [4.69, 9.17) is 9.73 Å². The summed E-state index contributed by atoms with van der Waals surface area (Å²) in [5.74, 6) is 0.959. The van der Waals surface area contributed by atoms with Gasteiger partial charge >= 0.3 is 6.09 Å². The van der Waals surface area contributed by atoms with Gasteiger partial charge in [-0.15, -0.1) is 24.0 Å². The molecule has 0 saturated carbocycles. The van der Waals surface area contributed by atoms with Crippen LogP contribution in [0.4, 0.5) is 10.5 Å². The average molecular weight is 502 g/mol. The highest BCUT2D eigenvalue weighted by atomic mass is 127. The predicted molar refractivity (Wildman–Crippen MR) is 127 cm³/mol. The number of halogens is 1. The number of carbonyl (C=O) groups excluding carboxylic acids is 1. The number of carbonyl (C=O) groups is 1. The summed E-state index contributed by atoms with van der Waals surface area (Å²) in [4.78, 5) is 18.8. The fourth-order valence-corrected chi connectivity index (χ4v) is 2.90. The summed E-state index contributed by atoms with van der Waals surface area (Å²) in [6.07, 6.45) is 5.17. The summed E-state index contributed by atoms with van der Waals surface area (Å²) in [7, 11) is 0. The average Bonchev–Trinajstić information content (AvgIpc) is 2.63. The van der Waals surface area contributed by atoms with Crippen molar-refractivity contribution in [2.75, 3.05) is 31.5 Å². The molecule has 0 radical (unpaired) electrons. The van der Waals surface area contributed by atoms with Crippen molar-refractivity contribution in [3.63, 3.8) is 0 Å². The summed E-state index contributed by atoms with van der Waals surface area (Å²) in [6, 6.07) is 10.2. The number of nitrogens with one attached hydrogen (secondary N) is 2. The Bertz CT molecular complexity index is 596. The summed E-state index contributed by atoms with van der Waals surface area (Å²) < 4.78 is 5.23. The fraction of sp³-hybridized carbons (Fsp3) is 0.619. The van der Waals surface area contributed by atoms with Gasteiger partial charge < -0.3 is 20.3 Å². The second kappa shape index (κ2) is 12.9. The number of aliphatic imine (C=N–C) groups is 1. The number of rotatable bonds is 6. The van der Waals surface area contributed by atoms with Crippen LogP contribution in [0.15, 0.2) is 35.3 Å². The Labute approximate surface area is 186 Å². The molecular formula is C21H35IN4O2. The first-order valence-electron chi connectivity index (χ1n) is 10.0. The number of ether oxygens (including phenoxy) is 1. The van der Waals surface area contributed by atoms with Crippen molar-refractivity contribution in [1.82, 2.24) is 10.2 Å². The van der Waals surface area contributed by atoms with Crippen molar-refractivity contribution < 1.29 is 9.53 Å². The van der Waals surface area contributed by atoms with Crippen molar-refractivity contribution in [1.29, 1.82) is 0 Å². The number of hydrogen-bond donors (Lipinski definition) is 2. The quantitative estimate of drug-likeness (QED) is 0.252. The Morgan fingerprint density at radius 1 is 1.11 bits per heavy atom. The Kier molecular flexibility index (Phi) is 11.3.